The fraction of sp³-hybridized carbons (Fsp3) is 0.591. The van der Waals surface area contributed by atoms with Crippen molar-refractivity contribution in [1.82, 2.24) is 25.9 Å². The standard InChI is InChI=1S/C22H38N10O6S/c1-39-8-6-16(21(37)38)32-19(35)14(3-2-7-28-22(25)26)31-20(36)15(4-5-17(24)33)30-18(34)13(23)9-12-10-27-11-29-12/h10-11,13-16H,2-9,23H2,1H3,(H2,24,33)(H,27,29)(H,30,34)(H,31,36)(H,32,35)(H,37,38)(H4,25,26,28). The van der Waals surface area contributed by atoms with Gasteiger partial charge < -0.3 is 49.0 Å². The van der Waals surface area contributed by atoms with E-state index >= 15 is 0 Å². The Kier molecular flexibility index (Phi) is 15.0. The number of hydrogen-bond acceptors (Lipinski definition) is 9. The molecule has 1 aromatic rings. The summed E-state index contributed by atoms with van der Waals surface area (Å²) in [7, 11) is 0. The number of carboxylic acid groups (broad SMARTS) is 1. The highest BCUT2D eigenvalue weighted by Gasteiger charge is 2.30. The summed E-state index contributed by atoms with van der Waals surface area (Å²) in [5.41, 5.74) is 22.4. The fourth-order valence-electron chi connectivity index (χ4n) is 3.37. The van der Waals surface area contributed by atoms with Gasteiger partial charge in [-0.05, 0) is 37.7 Å². The van der Waals surface area contributed by atoms with Crippen molar-refractivity contribution in [3.05, 3.63) is 18.2 Å². The molecule has 0 aliphatic carbocycles. The minimum Gasteiger partial charge on any atom is -0.480 e. The largest absolute Gasteiger partial charge is 0.480 e. The molecule has 4 atom stereocenters. The highest BCUT2D eigenvalue weighted by molar-refractivity contribution is 7.98. The van der Waals surface area contributed by atoms with Crippen LogP contribution in [0.3, 0.4) is 0 Å². The minimum absolute atomic E-state index is 0.0546. The molecule has 0 fully saturated rings. The van der Waals surface area contributed by atoms with E-state index < -0.39 is 53.8 Å². The summed E-state index contributed by atoms with van der Waals surface area (Å²) in [4.78, 5) is 72.4. The molecular weight excluding hydrogens is 532 g/mol. The number of nitrogens with one attached hydrogen (secondary N) is 4. The zero-order chi connectivity index (χ0) is 29.4. The molecule has 0 bridgehead atoms. The minimum atomic E-state index is -1.25. The molecule has 16 nitrogen and oxygen atoms in total. The Hall–Kier alpha value is -3.86. The number of hydrogen-bond donors (Lipinski definition) is 9. The van der Waals surface area contributed by atoms with Gasteiger partial charge in [-0.3, -0.25) is 24.2 Å². The third kappa shape index (κ3) is 13.5. The number of guanidine groups is 1. The van der Waals surface area contributed by atoms with Gasteiger partial charge in [0, 0.05) is 31.3 Å². The van der Waals surface area contributed by atoms with Crippen molar-refractivity contribution in [3.8, 4) is 0 Å². The monoisotopic (exact) mass is 570 g/mol. The van der Waals surface area contributed by atoms with Gasteiger partial charge in [-0.25, -0.2) is 9.78 Å². The SMILES string of the molecule is CSCCC(NC(=O)C(CCCN=C(N)N)NC(=O)C(CCC(N)=O)NC(=O)C(N)Cc1cnc[nH]1)C(=O)O. The van der Waals surface area contributed by atoms with Crippen molar-refractivity contribution in [2.24, 2.45) is 27.9 Å². The molecule has 218 valence electrons. The molecule has 0 saturated carbocycles. The number of imidazole rings is 1. The lowest BCUT2D eigenvalue weighted by Gasteiger charge is -2.25. The lowest BCUT2D eigenvalue weighted by Crippen LogP contribution is -2.57. The van der Waals surface area contributed by atoms with E-state index in [2.05, 4.69) is 30.9 Å². The summed E-state index contributed by atoms with van der Waals surface area (Å²) in [6, 6.07) is -4.65. The van der Waals surface area contributed by atoms with Crippen LogP contribution in [-0.4, -0.2) is 93.4 Å². The molecule has 0 aromatic carbocycles. The molecule has 4 unspecified atom stereocenters. The van der Waals surface area contributed by atoms with Gasteiger partial charge in [0.05, 0.1) is 12.4 Å². The van der Waals surface area contributed by atoms with Crippen LogP contribution >= 0.6 is 11.8 Å². The van der Waals surface area contributed by atoms with Crippen molar-refractivity contribution in [2.45, 2.75) is 62.7 Å². The maximum Gasteiger partial charge on any atom is 0.326 e. The quantitative estimate of drug-likeness (QED) is 0.0455. The first-order valence-electron chi connectivity index (χ1n) is 12.1. The maximum atomic E-state index is 13.2. The average molecular weight is 571 g/mol. The van der Waals surface area contributed by atoms with Crippen LogP contribution in [0, 0.1) is 0 Å². The number of primary amides is 1. The Morgan fingerprint density at radius 3 is 2.15 bits per heavy atom. The van der Waals surface area contributed by atoms with E-state index in [0.717, 1.165) is 0 Å². The van der Waals surface area contributed by atoms with Gasteiger partial charge >= 0.3 is 5.97 Å². The summed E-state index contributed by atoms with van der Waals surface area (Å²) >= 11 is 1.42. The number of aliphatic imine (C=N–C) groups is 1. The number of nitrogens with two attached hydrogens (primary N) is 4. The molecule has 4 amide bonds. The number of thioether (sulfide) groups is 1. The predicted molar refractivity (Wildman–Crippen MR) is 145 cm³/mol. The number of nitrogens with zero attached hydrogens (tertiary/aromatic N) is 2. The molecule has 1 aromatic heterocycles. The van der Waals surface area contributed by atoms with E-state index in [1.165, 1.54) is 24.3 Å². The number of rotatable bonds is 19. The zero-order valence-electron chi connectivity index (χ0n) is 21.7. The van der Waals surface area contributed by atoms with Gasteiger partial charge in [0.25, 0.3) is 0 Å². The smallest absolute Gasteiger partial charge is 0.326 e. The van der Waals surface area contributed by atoms with Crippen LogP contribution in [-0.2, 0) is 30.4 Å². The Bertz CT molecular complexity index is 986. The topological polar surface area (TPSA) is 287 Å². The van der Waals surface area contributed by atoms with Crippen molar-refractivity contribution >= 4 is 47.3 Å². The zero-order valence-corrected chi connectivity index (χ0v) is 22.5. The summed E-state index contributed by atoms with van der Waals surface area (Å²) in [5.74, 6) is -3.78. The molecule has 13 N–H and O–H groups in total. The van der Waals surface area contributed by atoms with Crippen LogP contribution in [0.1, 0.15) is 37.8 Å². The molecule has 0 aliphatic heterocycles. The third-order valence-electron chi connectivity index (χ3n) is 5.45. The van der Waals surface area contributed by atoms with Crippen LogP contribution in [0.15, 0.2) is 17.5 Å². The van der Waals surface area contributed by atoms with Crippen LogP contribution in [0.2, 0.25) is 0 Å². The predicted octanol–water partition coefficient (Wildman–Crippen LogP) is -3.11. The first-order valence-corrected chi connectivity index (χ1v) is 13.5. The van der Waals surface area contributed by atoms with Gasteiger partial charge in [0.1, 0.15) is 18.1 Å². The van der Waals surface area contributed by atoms with E-state index in [1.807, 2.05) is 0 Å². The molecular formula is C22H38N10O6S. The number of carbonyl (C=O) groups is 5. The molecule has 0 radical (unpaired) electrons. The second kappa shape index (κ2) is 17.6. The van der Waals surface area contributed by atoms with E-state index in [9.17, 15) is 29.1 Å². The van der Waals surface area contributed by atoms with Gasteiger partial charge in [-0.1, -0.05) is 0 Å². The normalized spacial score (nSPS) is 13.8. The summed E-state index contributed by atoms with van der Waals surface area (Å²) < 4.78 is 0. The van der Waals surface area contributed by atoms with Crippen molar-refractivity contribution in [3.63, 3.8) is 0 Å². The number of aromatic amines is 1. The van der Waals surface area contributed by atoms with Crippen molar-refractivity contribution in [1.29, 1.82) is 0 Å². The maximum absolute atomic E-state index is 13.2. The Morgan fingerprint density at radius 2 is 1.62 bits per heavy atom. The van der Waals surface area contributed by atoms with E-state index in [4.69, 9.17) is 22.9 Å². The highest BCUT2D eigenvalue weighted by atomic mass is 32.2. The average Bonchev–Trinajstić information content (AvgIpc) is 3.38. The number of amides is 4. The highest BCUT2D eigenvalue weighted by Crippen LogP contribution is 2.07. The summed E-state index contributed by atoms with van der Waals surface area (Å²) in [6.45, 7) is 0.154. The Labute approximate surface area is 229 Å². The number of carboxylic acids is 1. The first kappa shape index (κ1) is 33.2. The molecule has 1 rings (SSSR count). The van der Waals surface area contributed by atoms with Crippen molar-refractivity contribution < 1.29 is 29.1 Å². The molecule has 0 spiro atoms. The van der Waals surface area contributed by atoms with Gasteiger partial charge in [0.2, 0.25) is 23.6 Å². The second-order valence-corrected chi connectivity index (χ2v) is 9.63. The van der Waals surface area contributed by atoms with Crippen LogP contribution < -0.4 is 38.9 Å². The third-order valence-corrected chi connectivity index (χ3v) is 6.09. The molecule has 0 aliphatic rings. The lowest BCUT2D eigenvalue weighted by molar-refractivity contribution is -0.142. The second-order valence-electron chi connectivity index (χ2n) is 8.64. The lowest BCUT2D eigenvalue weighted by atomic mass is 10.1. The summed E-state index contributed by atoms with van der Waals surface area (Å²) in [6.07, 6.45) is 4.95. The number of H-pyrrole nitrogens is 1. The van der Waals surface area contributed by atoms with E-state index in [1.54, 1.807) is 6.26 Å². The van der Waals surface area contributed by atoms with Crippen LogP contribution in [0.25, 0.3) is 0 Å². The fourth-order valence-corrected chi connectivity index (χ4v) is 3.84. The molecule has 17 heteroatoms. The molecule has 39 heavy (non-hydrogen) atoms. The van der Waals surface area contributed by atoms with Crippen LogP contribution in [0.5, 0.6) is 0 Å². The van der Waals surface area contributed by atoms with E-state index in [0.29, 0.717) is 11.4 Å². The molecule has 1 heterocycles. The van der Waals surface area contributed by atoms with Crippen LogP contribution in [0.4, 0.5) is 0 Å². The molecule has 0 saturated heterocycles. The van der Waals surface area contributed by atoms with Gasteiger partial charge in [-0.15, -0.1) is 0 Å². The first-order chi connectivity index (χ1) is 18.4. The van der Waals surface area contributed by atoms with Gasteiger partial charge in [-0.2, -0.15) is 11.8 Å². The Morgan fingerprint density at radius 1 is 1.00 bits per heavy atom. The Balaban J connectivity index is 3.02. The number of aliphatic carboxylic acids is 1. The summed E-state index contributed by atoms with van der Waals surface area (Å²) in [5, 5.41) is 16.9. The van der Waals surface area contributed by atoms with Gasteiger partial charge in [0.15, 0.2) is 5.96 Å². The van der Waals surface area contributed by atoms with Crippen molar-refractivity contribution in [2.75, 3.05) is 18.6 Å². The number of aromatic nitrogens is 2. The number of carbonyl (C=O) groups excluding carboxylic acids is 4. The van der Waals surface area contributed by atoms with E-state index in [-0.39, 0.29) is 51.0 Å².